The van der Waals surface area contributed by atoms with Gasteiger partial charge in [0.2, 0.25) is 0 Å². The molecular weight excluding hydrogens is 336 g/mol. The average Bonchev–Trinajstić information content (AvgIpc) is 2.60. The number of carbonyl (C=O) groups excluding carboxylic acids is 1. The van der Waals surface area contributed by atoms with Crippen molar-refractivity contribution in [3.63, 3.8) is 0 Å². The Morgan fingerprint density at radius 2 is 1.81 bits per heavy atom. The zero-order valence-electron chi connectivity index (χ0n) is 17.5. The fraction of sp³-hybridized carbons (Fsp3) is 0.792. The molecule has 6 atom stereocenters. The number of fused-ring (bicyclic) bond motifs is 5. The highest BCUT2D eigenvalue weighted by Crippen LogP contribution is 2.65. The van der Waals surface area contributed by atoms with Gasteiger partial charge in [-0.05, 0) is 98.9 Å². The smallest absolute Gasteiger partial charge is 0.307 e. The van der Waals surface area contributed by atoms with Crippen LogP contribution in [0.3, 0.4) is 0 Å². The summed E-state index contributed by atoms with van der Waals surface area (Å²) in [5.74, 6) is 2.83. The van der Waals surface area contributed by atoms with E-state index in [-0.39, 0.29) is 22.9 Å². The summed E-state index contributed by atoms with van der Waals surface area (Å²) in [4.78, 5) is 11.5. The lowest BCUT2D eigenvalue weighted by molar-refractivity contribution is -0.137. The summed E-state index contributed by atoms with van der Waals surface area (Å²) in [6.45, 7) is 8.43. The summed E-state index contributed by atoms with van der Waals surface area (Å²) in [6.07, 6.45) is 12.6. The molecule has 4 aliphatic carbocycles. The number of ether oxygens (including phenoxy) is 1. The number of carbonyl (C=O) groups is 1. The van der Waals surface area contributed by atoms with Gasteiger partial charge in [-0.1, -0.05) is 25.5 Å². The lowest BCUT2D eigenvalue weighted by Crippen LogP contribution is -2.52. The molecule has 3 saturated carbocycles. The molecule has 150 valence electrons. The predicted octanol–water partition coefficient (Wildman–Crippen LogP) is 5.54. The fourth-order valence-corrected chi connectivity index (χ4v) is 7.51. The number of aliphatic hydroxyl groups is 1. The average molecular weight is 373 g/mol. The van der Waals surface area contributed by atoms with Crippen LogP contribution in [-0.4, -0.2) is 17.2 Å². The maximum atomic E-state index is 11.5. The van der Waals surface area contributed by atoms with Gasteiger partial charge in [0.05, 0.1) is 6.10 Å². The molecule has 0 spiro atoms. The maximum Gasteiger partial charge on any atom is 0.307 e. The third-order valence-electron chi connectivity index (χ3n) is 8.82. The normalized spacial score (nSPS) is 45.7. The number of hydrogen-bond donors (Lipinski definition) is 1. The van der Waals surface area contributed by atoms with Gasteiger partial charge in [0.1, 0.15) is 5.76 Å². The van der Waals surface area contributed by atoms with Crippen LogP contribution in [-0.2, 0) is 9.53 Å². The first-order chi connectivity index (χ1) is 12.8. The minimum atomic E-state index is -0.196. The Hall–Kier alpha value is -1.09. The molecule has 3 fully saturated rings. The largest absolute Gasteiger partial charge is 0.432 e. The molecule has 0 aromatic carbocycles. The van der Waals surface area contributed by atoms with Crippen LogP contribution in [0.25, 0.3) is 0 Å². The summed E-state index contributed by atoms with van der Waals surface area (Å²) in [5.41, 5.74) is 3.41. The van der Waals surface area contributed by atoms with Crippen molar-refractivity contribution in [2.45, 2.75) is 91.6 Å². The van der Waals surface area contributed by atoms with Crippen LogP contribution in [0.1, 0.15) is 85.5 Å². The zero-order chi connectivity index (χ0) is 19.4. The van der Waals surface area contributed by atoms with Gasteiger partial charge in [-0.25, -0.2) is 0 Å². The first-order valence-corrected chi connectivity index (χ1v) is 11.0. The van der Waals surface area contributed by atoms with Gasteiger partial charge in [-0.3, -0.25) is 4.79 Å². The van der Waals surface area contributed by atoms with Crippen molar-refractivity contribution >= 4 is 5.97 Å². The van der Waals surface area contributed by atoms with E-state index in [9.17, 15) is 9.90 Å². The Balaban J connectivity index is 1.67. The van der Waals surface area contributed by atoms with Crippen LogP contribution >= 0.6 is 0 Å². The van der Waals surface area contributed by atoms with Gasteiger partial charge in [0, 0.05) is 6.92 Å². The van der Waals surface area contributed by atoms with Gasteiger partial charge >= 0.3 is 5.97 Å². The molecule has 4 rings (SSSR count). The lowest BCUT2D eigenvalue weighted by Gasteiger charge is -2.60. The van der Waals surface area contributed by atoms with E-state index < -0.39 is 0 Å². The third kappa shape index (κ3) is 3.01. The van der Waals surface area contributed by atoms with E-state index in [1.54, 1.807) is 0 Å². The van der Waals surface area contributed by atoms with Crippen molar-refractivity contribution in [1.82, 2.24) is 0 Å². The Kier molecular flexibility index (Phi) is 4.81. The van der Waals surface area contributed by atoms with E-state index >= 15 is 0 Å². The van der Waals surface area contributed by atoms with Gasteiger partial charge in [-0.2, -0.15) is 0 Å². The van der Waals surface area contributed by atoms with Crippen molar-refractivity contribution < 1.29 is 14.6 Å². The van der Waals surface area contributed by atoms with Gasteiger partial charge in [0.25, 0.3) is 0 Å². The molecule has 1 N–H and O–H groups in total. The summed E-state index contributed by atoms with van der Waals surface area (Å²) < 4.78 is 5.56. The molecule has 0 bridgehead atoms. The minimum Gasteiger partial charge on any atom is -0.432 e. The van der Waals surface area contributed by atoms with E-state index in [4.69, 9.17) is 4.74 Å². The number of allylic oxidation sites excluding steroid dienone is 3. The summed E-state index contributed by atoms with van der Waals surface area (Å²) in [6, 6.07) is 0. The predicted molar refractivity (Wildman–Crippen MR) is 107 cm³/mol. The van der Waals surface area contributed by atoms with Gasteiger partial charge in [0.15, 0.2) is 0 Å². The second-order valence-electron chi connectivity index (χ2n) is 10.1. The van der Waals surface area contributed by atoms with Crippen LogP contribution in [0, 0.1) is 28.6 Å². The quantitative estimate of drug-likeness (QED) is 0.373. The van der Waals surface area contributed by atoms with Crippen molar-refractivity contribution in [2.24, 2.45) is 28.6 Å². The van der Waals surface area contributed by atoms with E-state index in [2.05, 4.69) is 19.9 Å². The highest BCUT2D eigenvalue weighted by atomic mass is 16.5. The SMILES string of the molecule is CC(=O)O/C(C)=C1/CCC[C@H]2[C@@H]3CC=C4C[C@@H](O)CC[C@]4(C)[C@H]3CC[C@]12C. The molecule has 0 aromatic heterocycles. The zero-order valence-corrected chi connectivity index (χ0v) is 17.5. The second kappa shape index (κ2) is 6.76. The lowest BCUT2D eigenvalue weighted by atomic mass is 9.44. The first kappa shape index (κ1) is 19.2. The Morgan fingerprint density at radius 1 is 1.11 bits per heavy atom. The van der Waals surface area contributed by atoms with Crippen molar-refractivity contribution in [1.29, 1.82) is 0 Å². The van der Waals surface area contributed by atoms with E-state index in [1.165, 1.54) is 50.2 Å². The van der Waals surface area contributed by atoms with E-state index in [0.717, 1.165) is 43.3 Å². The molecule has 0 heterocycles. The molecule has 0 radical (unpaired) electrons. The maximum absolute atomic E-state index is 11.5. The number of aliphatic hydroxyl groups excluding tert-OH is 1. The third-order valence-corrected chi connectivity index (χ3v) is 8.82. The molecule has 0 aromatic rings. The van der Waals surface area contributed by atoms with Crippen molar-refractivity contribution in [3.05, 3.63) is 23.0 Å². The van der Waals surface area contributed by atoms with Crippen LogP contribution in [0.15, 0.2) is 23.0 Å². The standard InChI is InChI=1S/C24H36O3/c1-15(27-16(2)25)20-6-5-7-21-19-9-8-17-14-18(26)10-12-23(17,3)22(19)11-13-24(20,21)4/h8,18-19,21-22,26H,5-7,9-14H2,1-4H3/b20-15-/t18-,19-,21-,22-,23-,24+/m0/s1. The second-order valence-corrected chi connectivity index (χ2v) is 10.1. The fourth-order valence-electron chi connectivity index (χ4n) is 7.51. The molecule has 3 heteroatoms. The van der Waals surface area contributed by atoms with Gasteiger partial charge in [-0.15, -0.1) is 0 Å². The highest BCUT2D eigenvalue weighted by molar-refractivity contribution is 5.67. The summed E-state index contributed by atoms with van der Waals surface area (Å²) in [7, 11) is 0. The number of rotatable bonds is 1. The summed E-state index contributed by atoms with van der Waals surface area (Å²) >= 11 is 0. The van der Waals surface area contributed by atoms with Crippen LogP contribution in [0.4, 0.5) is 0 Å². The summed E-state index contributed by atoms with van der Waals surface area (Å²) in [5, 5.41) is 10.2. The molecule has 0 saturated heterocycles. The molecule has 0 aliphatic heterocycles. The monoisotopic (exact) mass is 372 g/mol. The molecule has 0 amide bonds. The highest BCUT2D eigenvalue weighted by Gasteiger charge is 2.56. The Labute approximate surface area is 164 Å². The van der Waals surface area contributed by atoms with Crippen LogP contribution in [0.2, 0.25) is 0 Å². The van der Waals surface area contributed by atoms with Crippen LogP contribution in [0.5, 0.6) is 0 Å². The first-order valence-electron chi connectivity index (χ1n) is 11.0. The number of hydrogen-bond acceptors (Lipinski definition) is 3. The number of esters is 1. The van der Waals surface area contributed by atoms with Crippen LogP contribution < -0.4 is 0 Å². The molecule has 0 unspecified atom stereocenters. The Bertz CT molecular complexity index is 690. The van der Waals surface area contributed by atoms with E-state index in [0.29, 0.717) is 5.92 Å². The Morgan fingerprint density at radius 3 is 2.56 bits per heavy atom. The minimum absolute atomic E-state index is 0.134. The van der Waals surface area contributed by atoms with Gasteiger partial charge < -0.3 is 9.84 Å². The molecule has 3 nitrogen and oxygen atoms in total. The van der Waals surface area contributed by atoms with E-state index in [1.807, 2.05) is 6.92 Å². The molecule has 27 heavy (non-hydrogen) atoms. The molecular formula is C24H36O3. The molecule has 4 aliphatic rings. The van der Waals surface area contributed by atoms with Crippen molar-refractivity contribution in [2.75, 3.05) is 0 Å². The van der Waals surface area contributed by atoms with Crippen molar-refractivity contribution in [3.8, 4) is 0 Å². The topological polar surface area (TPSA) is 46.5 Å².